The Morgan fingerprint density at radius 1 is 1.12 bits per heavy atom. The molecule has 0 bridgehead atoms. The van der Waals surface area contributed by atoms with Crippen LogP contribution in [-0.4, -0.2) is 30.7 Å². The molecule has 1 aliphatic heterocycles. The predicted octanol–water partition coefficient (Wildman–Crippen LogP) is 4.90. The molecule has 1 saturated heterocycles. The molecule has 4 nitrogen and oxygen atoms in total. The fraction of sp³-hybridized carbons (Fsp3) is 0.318. The van der Waals surface area contributed by atoms with Crippen LogP contribution in [0.4, 0.5) is 4.79 Å². The van der Waals surface area contributed by atoms with Crippen molar-refractivity contribution >= 4 is 12.2 Å². The van der Waals surface area contributed by atoms with Gasteiger partial charge in [-0.05, 0) is 42.5 Å². The number of hydrogen-bond acceptors (Lipinski definition) is 3. The van der Waals surface area contributed by atoms with Gasteiger partial charge in [-0.3, -0.25) is 0 Å². The Labute approximate surface area is 155 Å². The third kappa shape index (κ3) is 4.88. The monoisotopic (exact) mass is 351 g/mol. The largest absolute Gasteiger partial charge is 0.497 e. The van der Waals surface area contributed by atoms with E-state index >= 15 is 0 Å². The Balaban J connectivity index is 1.61. The molecule has 2 aromatic carbocycles. The van der Waals surface area contributed by atoms with Gasteiger partial charge in [0.05, 0.1) is 13.2 Å². The van der Waals surface area contributed by atoms with Gasteiger partial charge in [-0.2, -0.15) is 0 Å². The molecule has 4 heteroatoms. The first kappa shape index (κ1) is 18.1. The summed E-state index contributed by atoms with van der Waals surface area (Å²) in [5.74, 6) is 0.839. The summed E-state index contributed by atoms with van der Waals surface area (Å²) in [7, 11) is 1.66. The fourth-order valence-electron chi connectivity index (χ4n) is 3.12. The maximum atomic E-state index is 12.5. The van der Waals surface area contributed by atoms with Gasteiger partial charge in [0.25, 0.3) is 0 Å². The summed E-state index contributed by atoms with van der Waals surface area (Å²) in [6.45, 7) is 1.05. The average molecular weight is 351 g/mol. The summed E-state index contributed by atoms with van der Waals surface area (Å²) in [4.78, 5) is 14.4. The number of likely N-dealkylation sites (tertiary alicyclic amines) is 1. The van der Waals surface area contributed by atoms with Crippen molar-refractivity contribution in [3.63, 3.8) is 0 Å². The van der Waals surface area contributed by atoms with E-state index in [1.807, 2.05) is 59.5 Å². The van der Waals surface area contributed by atoms with Crippen LogP contribution in [0, 0.1) is 0 Å². The first-order chi connectivity index (χ1) is 12.8. The lowest BCUT2D eigenvalue weighted by Gasteiger charge is -2.33. The number of hydrogen-bond donors (Lipinski definition) is 0. The van der Waals surface area contributed by atoms with Crippen molar-refractivity contribution in [1.82, 2.24) is 4.90 Å². The highest BCUT2D eigenvalue weighted by molar-refractivity contribution is 5.69. The molecule has 136 valence electrons. The summed E-state index contributed by atoms with van der Waals surface area (Å²) >= 11 is 0. The molecule has 3 rings (SSSR count). The van der Waals surface area contributed by atoms with Crippen molar-refractivity contribution in [2.45, 2.75) is 31.9 Å². The first-order valence-corrected chi connectivity index (χ1v) is 9.06. The van der Waals surface area contributed by atoms with Gasteiger partial charge in [-0.25, -0.2) is 4.79 Å². The van der Waals surface area contributed by atoms with Gasteiger partial charge in [0.1, 0.15) is 12.4 Å². The lowest BCUT2D eigenvalue weighted by atomic mass is 10.0. The zero-order chi connectivity index (χ0) is 18.2. The molecular weight excluding hydrogens is 326 g/mol. The molecule has 1 atom stereocenters. The maximum absolute atomic E-state index is 12.5. The molecule has 0 N–H and O–H groups in total. The molecule has 2 aromatic rings. The molecular formula is C22H25NO3. The van der Waals surface area contributed by atoms with Crippen molar-refractivity contribution in [2.24, 2.45) is 0 Å². The third-order valence-electron chi connectivity index (χ3n) is 4.62. The van der Waals surface area contributed by atoms with Crippen LogP contribution in [0.15, 0.2) is 60.7 Å². The van der Waals surface area contributed by atoms with E-state index in [0.29, 0.717) is 6.61 Å². The lowest BCUT2D eigenvalue weighted by Crippen LogP contribution is -2.42. The fourth-order valence-corrected chi connectivity index (χ4v) is 3.12. The van der Waals surface area contributed by atoms with Crippen molar-refractivity contribution in [2.75, 3.05) is 13.7 Å². The number of nitrogens with zero attached hydrogens (tertiary/aromatic N) is 1. The van der Waals surface area contributed by atoms with E-state index in [2.05, 4.69) is 12.2 Å². The van der Waals surface area contributed by atoms with Gasteiger partial charge in [0.2, 0.25) is 0 Å². The highest BCUT2D eigenvalue weighted by Gasteiger charge is 2.25. The number of piperidine rings is 1. The normalized spacial score (nSPS) is 17.3. The molecule has 0 spiro atoms. The van der Waals surface area contributed by atoms with Crippen molar-refractivity contribution in [3.8, 4) is 5.75 Å². The topological polar surface area (TPSA) is 38.8 Å². The zero-order valence-electron chi connectivity index (χ0n) is 15.1. The number of amides is 1. The Morgan fingerprint density at radius 2 is 1.88 bits per heavy atom. The van der Waals surface area contributed by atoms with Crippen LogP contribution in [0.1, 0.15) is 30.4 Å². The van der Waals surface area contributed by atoms with Crippen molar-refractivity contribution in [3.05, 3.63) is 71.8 Å². The van der Waals surface area contributed by atoms with E-state index in [9.17, 15) is 4.79 Å². The second-order valence-corrected chi connectivity index (χ2v) is 6.43. The molecule has 1 aliphatic rings. The Bertz CT molecular complexity index is 725. The van der Waals surface area contributed by atoms with Crippen LogP contribution in [-0.2, 0) is 11.3 Å². The summed E-state index contributed by atoms with van der Waals surface area (Å²) in [5.41, 5.74) is 2.09. The summed E-state index contributed by atoms with van der Waals surface area (Å²) in [5, 5.41) is 0. The minimum absolute atomic E-state index is 0.0779. The number of carbonyl (C=O) groups excluding carboxylic acids is 1. The van der Waals surface area contributed by atoms with Crippen LogP contribution in [0.5, 0.6) is 5.75 Å². The quantitative estimate of drug-likeness (QED) is 0.769. The molecule has 0 radical (unpaired) electrons. The van der Waals surface area contributed by atoms with E-state index < -0.39 is 0 Å². The molecule has 1 heterocycles. The van der Waals surface area contributed by atoms with Crippen LogP contribution < -0.4 is 4.74 Å². The molecule has 1 fully saturated rings. The third-order valence-corrected chi connectivity index (χ3v) is 4.62. The summed E-state index contributed by atoms with van der Waals surface area (Å²) in [6.07, 6.45) is 7.04. The summed E-state index contributed by atoms with van der Waals surface area (Å²) < 4.78 is 10.7. The maximum Gasteiger partial charge on any atom is 0.410 e. The Morgan fingerprint density at radius 3 is 2.62 bits per heavy atom. The highest BCUT2D eigenvalue weighted by Crippen LogP contribution is 2.21. The van der Waals surface area contributed by atoms with Crippen LogP contribution >= 0.6 is 0 Å². The molecule has 0 aliphatic carbocycles. The zero-order valence-corrected chi connectivity index (χ0v) is 15.1. The van der Waals surface area contributed by atoms with Gasteiger partial charge in [0.15, 0.2) is 0 Å². The van der Waals surface area contributed by atoms with Crippen LogP contribution in [0.3, 0.4) is 0 Å². The van der Waals surface area contributed by atoms with E-state index in [1.165, 1.54) is 0 Å². The number of methoxy groups -OCH3 is 1. The minimum Gasteiger partial charge on any atom is -0.497 e. The molecule has 0 aromatic heterocycles. The first-order valence-electron chi connectivity index (χ1n) is 9.06. The smallest absolute Gasteiger partial charge is 0.410 e. The number of benzene rings is 2. The van der Waals surface area contributed by atoms with E-state index in [0.717, 1.165) is 42.7 Å². The molecule has 26 heavy (non-hydrogen) atoms. The van der Waals surface area contributed by atoms with Gasteiger partial charge in [0, 0.05) is 6.54 Å². The highest BCUT2D eigenvalue weighted by atomic mass is 16.6. The van der Waals surface area contributed by atoms with Gasteiger partial charge in [-0.1, -0.05) is 54.6 Å². The number of ether oxygens (including phenoxy) is 2. The van der Waals surface area contributed by atoms with E-state index in [-0.39, 0.29) is 12.1 Å². The van der Waals surface area contributed by atoms with Gasteiger partial charge < -0.3 is 14.4 Å². The van der Waals surface area contributed by atoms with Gasteiger partial charge in [-0.15, -0.1) is 0 Å². The second kappa shape index (κ2) is 9.09. The Kier molecular flexibility index (Phi) is 6.31. The SMILES string of the molecule is COc1ccc(/C=C/[C@@H]2CCCCN2C(=O)OCc2ccccc2)cc1. The number of carbonyl (C=O) groups is 1. The number of rotatable bonds is 5. The molecule has 0 saturated carbocycles. The van der Waals surface area contributed by atoms with Crippen molar-refractivity contribution in [1.29, 1.82) is 0 Å². The Hall–Kier alpha value is -2.75. The molecule has 0 unspecified atom stereocenters. The molecule has 1 amide bonds. The van der Waals surface area contributed by atoms with Crippen molar-refractivity contribution < 1.29 is 14.3 Å². The predicted molar refractivity (Wildman–Crippen MR) is 103 cm³/mol. The minimum atomic E-state index is -0.238. The lowest BCUT2D eigenvalue weighted by molar-refractivity contribution is 0.0777. The summed E-state index contributed by atoms with van der Waals surface area (Å²) in [6, 6.07) is 17.7. The van der Waals surface area contributed by atoms with E-state index in [1.54, 1.807) is 7.11 Å². The van der Waals surface area contributed by atoms with Crippen LogP contribution in [0.2, 0.25) is 0 Å². The average Bonchev–Trinajstić information content (AvgIpc) is 2.72. The van der Waals surface area contributed by atoms with Crippen LogP contribution in [0.25, 0.3) is 6.08 Å². The van der Waals surface area contributed by atoms with E-state index in [4.69, 9.17) is 9.47 Å². The standard InChI is InChI=1S/C22H25NO3/c1-25-21-14-11-18(12-15-21)10-13-20-9-5-6-16-23(20)22(24)26-17-19-7-3-2-4-8-19/h2-4,7-8,10-15,20H,5-6,9,16-17H2,1H3/b13-10+/t20-/m0/s1. The van der Waals surface area contributed by atoms with Gasteiger partial charge >= 0.3 is 6.09 Å². The second-order valence-electron chi connectivity index (χ2n) is 6.43.